The lowest BCUT2D eigenvalue weighted by molar-refractivity contribution is 1.19. The van der Waals surface area contributed by atoms with Crippen LogP contribution in [0.1, 0.15) is 7.43 Å². The molecule has 0 unspecified atom stereocenters. The molecule has 2 aromatic rings. The van der Waals surface area contributed by atoms with Crippen molar-refractivity contribution in [2.24, 2.45) is 0 Å². The van der Waals surface area contributed by atoms with Gasteiger partial charge in [0, 0.05) is 5.39 Å². The van der Waals surface area contributed by atoms with Crippen LogP contribution in [-0.4, -0.2) is 9.97 Å². The molecule has 0 spiro atoms. The summed E-state index contributed by atoms with van der Waals surface area (Å²) in [5.41, 5.74) is 6.59. The zero-order valence-corrected chi connectivity index (χ0v) is 7.06. The van der Waals surface area contributed by atoms with Gasteiger partial charge in [-0.25, -0.2) is 4.98 Å². The first-order valence-corrected chi connectivity index (χ1v) is 3.93. The van der Waals surface area contributed by atoms with Gasteiger partial charge < -0.3 is 10.7 Å². The van der Waals surface area contributed by atoms with Gasteiger partial charge in [-0.3, -0.25) is 0 Å². The maximum absolute atomic E-state index is 5.66. The van der Waals surface area contributed by atoms with Crippen LogP contribution in [0, 0.1) is 4.77 Å². The van der Waals surface area contributed by atoms with E-state index >= 15 is 0 Å². The molecule has 13 heavy (non-hydrogen) atoms. The van der Waals surface area contributed by atoms with Gasteiger partial charge in [-0.15, -0.1) is 0 Å². The first-order valence-electron chi connectivity index (χ1n) is 3.52. The summed E-state index contributed by atoms with van der Waals surface area (Å²) in [4.78, 5) is 6.89. The SMILES string of the molecule is C.Nc1nc(=S)[nH]c2ccccc12. The molecule has 0 radical (unpaired) electrons. The van der Waals surface area contributed by atoms with Crippen molar-refractivity contribution in [3.8, 4) is 0 Å². The third kappa shape index (κ3) is 1.67. The normalized spacial score (nSPS) is 9.54. The minimum absolute atomic E-state index is 0. The second-order valence-corrected chi connectivity index (χ2v) is 2.86. The molecule has 2 rings (SSSR count). The van der Waals surface area contributed by atoms with E-state index < -0.39 is 0 Å². The summed E-state index contributed by atoms with van der Waals surface area (Å²) in [5.74, 6) is 0.481. The number of nitrogens with two attached hydrogens (primary N) is 1. The Labute approximate surface area is 81.6 Å². The van der Waals surface area contributed by atoms with Crippen LogP contribution in [0.25, 0.3) is 10.9 Å². The van der Waals surface area contributed by atoms with E-state index in [0.29, 0.717) is 10.6 Å². The van der Waals surface area contributed by atoms with E-state index in [1.54, 1.807) is 0 Å². The van der Waals surface area contributed by atoms with Crippen molar-refractivity contribution in [3.63, 3.8) is 0 Å². The summed E-state index contributed by atoms with van der Waals surface area (Å²) in [6.45, 7) is 0. The second-order valence-electron chi connectivity index (χ2n) is 2.47. The fraction of sp³-hybridized carbons (Fsp3) is 0.111. The maximum atomic E-state index is 5.66. The van der Waals surface area contributed by atoms with Crippen LogP contribution in [0.15, 0.2) is 24.3 Å². The van der Waals surface area contributed by atoms with E-state index in [1.807, 2.05) is 24.3 Å². The Kier molecular flexibility index (Phi) is 2.63. The highest BCUT2D eigenvalue weighted by atomic mass is 32.1. The smallest absolute Gasteiger partial charge is 0.199 e. The molecule has 0 fully saturated rings. The quantitative estimate of drug-likeness (QED) is 0.632. The number of hydrogen-bond acceptors (Lipinski definition) is 3. The van der Waals surface area contributed by atoms with Crippen LogP contribution >= 0.6 is 12.2 Å². The number of fused-ring (bicyclic) bond motifs is 1. The van der Waals surface area contributed by atoms with Crippen LogP contribution in [0.5, 0.6) is 0 Å². The Balaban J connectivity index is 0.000000845. The molecule has 1 aromatic carbocycles. The number of anilines is 1. The molecule has 4 heteroatoms. The highest BCUT2D eigenvalue weighted by Crippen LogP contribution is 2.15. The average Bonchev–Trinajstić information content (AvgIpc) is 2.04. The summed E-state index contributed by atoms with van der Waals surface area (Å²) in [7, 11) is 0. The van der Waals surface area contributed by atoms with E-state index in [0.717, 1.165) is 10.9 Å². The first-order chi connectivity index (χ1) is 5.77. The van der Waals surface area contributed by atoms with E-state index in [1.165, 1.54) is 0 Å². The molecule has 68 valence electrons. The third-order valence-corrected chi connectivity index (χ3v) is 1.86. The van der Waals surface area contributed by atoms with Crippen LogP contribution in [0.4, 0.5) is 5.82 Å². The third-order valence-electron chi connectivity index (χ3n) is 1.67. The van der Waals surface area contributed by atoms with Gasteiger partial charge in [0.2, 0.25) is 0 Å². The molecule has 0 saturated heterocycles. The maximum Gasteiger partial charge on any atom is 0.199 e. The van der Waals surface area contributed by atoms with Crippen molar-refractivity contribution >= 4 is 28.9 Å². The number of nitrogens with one attached hydrogen (secondary N) is 1. The Bertz CT molecular complexity index is 475. The zero-order chi connectivity index (χ0) is 8.55. The summed E-state index contributed by atoms with van der Waals surface area (Å²) < 4.78 is 0.422. The first kappa shape index (κ1) is 9.67. The summed E-state index contributed by atoms with van der Waals surface area (Å²) in [6, 6.07) is 7.66. The predicted octanol–water partition coefficient (Wildman–Crippen LogP) is 2.51. The Morgan fingerprint density at radius 3 is 2.77 bits per heavy atom. The monoisotopic (exact) mass is 193 g/mol. The molecule has 0 amide bonds. The van der Waals surface area contributed by atoms with Crippen molar-refractivity contribution in [3.05, 3.63) is 29.0 Å². The van der Waals surface area contributed by atoms with E-state index in [9.17, 15) is 0 Å². The number of benzene rings is 1. The van der Waals surface area contributed by atoms with Crippen molar-refractivity contribution in [1.29, 1.82) is 0 Å². The van der Waals surface area contributed by atoms with Gasteiger partial charge >= 0.3 is 0 Å². The number of H-pyrrole nitrogens is 1. The zero-order valence-electron chi connectivity index (χ0n) is 6.24. The lowest BCUT2D eigenvalue weighted by Gasteiger charge is -1.99. The van der Waals surface area contributed by atoms with Gasteiger partial charge in [0.1, 0.15) is 5.82 Å². The van der Waals surface area contributed by atoms with Gasteiger partial charge in [0.25, 0.3) is 0 Å². The van der Waals surface area contributed by atoms with Crippen LogP contribution in [0.3, 0.4) is 0 Å². The summed E-state index contributed by atoms with van der Waals surface area (Å²) in [6.07, 6.45) is 0. The number of aromatic nitrogens is 2. The fourth-order valence-corrected chi connectivity index (χ4v) is 1.34. The van der Waals surface area contributed by atoms with Crippen molar-refractivity contribution in [2.75, 3.05) is 5.73 Å². The topological polar surface area (TPSA) is 54.7 Å². The lowest BCUT2D eigenvalue weighted by atomic mass is 10.2. The molecule has 3 nitrogen and oxygen atoms in total. The van der Waals surface area contributed by atoms with Crippen LogP contribution in [0.2, 0.25) is 0 Å². The number of aromatic amines is 1. The number of rotatable bonds is 0. The van der Waals surface area contributed by atoms with Gasteiger partial charge in [0.05, 0.1) is 5.52 Å². The van der Waals surface area contributed by atoms with Crippen molar-refractivity contribution in [1.82, 2.24) is 9.97 Å². The Morgan fingerprint density at radius 2 is 2.00 bits per heavy atom. The molecule has 1 heterocycles. The van der Waals surface area contributed by atoms with E-state index in [2.05, 4.69) is 9.97 Å². The summed E-state index contributed by atoms with van der Waals surface area (Å²) in [5, 5.41) is 0.908. The number of nitrogens with zero attached hydrogens (tertiary/aromatic N) is 1. The van der Waals surface area contributed by atoms with Crippen LogP contribution in [-0.2, 0) is 0 Å². The molecular weight excluding hydrogens is 182 g/mol. The highest BCUT2D eigenvalue weighted by Gasteiger charge is 1.96. The molecular formula is C9H11N3S. The van der Waals surface area contributed by atoms with Gasteiger partial charge in [-0.1, -0.05) is 19.6 Å². The Morgan fingerprint density at radius 1 is 1.31 bits per heavy atom. The molecule has 0 aliphatic carbocycles. The molecule has 0 aliphatic heterocycles. The highest BCUT2D eigenvalue weighted by molar-refractivity contribution is 7.71. The van der Waals surface area contributed by atoms with Gasteiger partial charge in [0.15, 0.2) is 4.77 Å². The van der Waals surface area contributed by atoms with Crippen molar-refractivity contribution in [2.45, 2.75) is 7.43 Å². The Hall–Kier alpha value is -1.42. The van der Waals surface area contributed by atoms with E-state index in [4.69, 9.17) is 18.0 Å². The molecule has 1 aromatic heterocycles. The molecule has 0 aliphatic rings. The van der Waals surface area contributed by atoms with Gasteiger partial charge in [-0.2, -0.15) is 0 Å². The van der Waals surface area contributed by atoms with Crippen molar-refractivity contribution < 1.29 is 0 Å². The number of para-hydroxylation sites is 1. The largest absolute Gasteiger partial charge is 0.383 e. The van der Waals surface area contributed by atoms with E-state index in [-0.39, 0.29) is 7.43 Å². The predicted molar refractivity (Wildman–Crippen MR) is 58.1 cm³/mol. The lowest BCUT2D eigenvalue weighted by Crippen LogP contribution is -1.93. The minimum Gasteiger partial charge on any atom is -0.383 e. The fourth-order valence-electron chi connectivity index (χ4n) is 1.13. The molecule has 0 saturated carbocycles. The minimum atomic E-state index is 0. The molecule has 0 atom stereocenters. The standard InChI is InChI=1S/C8H7N3S.CH4/c9-7-5-3-1-2-4-6(5)10-8(12)11-7;/h1-4H,(H3,9,10,11,12);1H4. The van der Waals surface area contributed by atoms with Crippen LogP contribution < -0.4 is 5.73 Å². The number of nitrogen functional groups attached to an aromatic ring is 1. The molecule has 0 bridgehead atoms. The number of hydrogen-bond donors (Lipinski definition) is 2. The van der Waals surface area contributed by atoms with Gasteiger partial charge in [-0.05, 0) is 24.4 Å². The second kappa shape index (κ2) is 3.53. The summed E-state index contributed by atoms with van der Waals surface area (Å²) >= 11 is 4.88. The molecule has 3 N–H and O–H groups in total. The average molecular weight is 193 g/mol.